The molecule has 0 aliphatic heterocycles. The molecule has 19 heavy (non-hydrogen) atoms. The standard InChI is InChI=1S/C15H21N3O/c1-10(2)14-16-15(19-17-14)13(18(4)5)12-9-7-6-8-11(12)3/h6-10,13H,1-5H3. The molecule has 2 rings (SSSR count). The van der Waals surface area contributed by atoms with E-state index in [1.807, 2.05) is 26.2 Å². The fourth-order valence-corrected chi connectivity index (χ4v) is 2.12. The molecule has 2 aromatic rings. The van der Waals surface area contributed by atoms with Gasteiger partial charge in [-0.3, -0.25) is 4.90 Å². The van der Waals surface area contributed by atoms with Gasteiger partial charge in [-0.15, -0.1) is 0 Å². The number of aryl methyl sites for hydroxylation is 1. The summed E-state index contributed by atoms with van der Waals surface area (Å²) >= 11 is 0. The Bertz CT molecular complexity index is 546. The van der Waals surface area contributed by atoms with Gasteiger partial charge in [0.15, 0.2) is 5.82 Å². The predicted molar refractivity (Wildman–Crippen MR) is 75.1 cm³/mol. The van der Waals surface area contributed by atoms with Crippen molar-refractivity contribution in [3.8, 4) is 0 Å². The van der Waals surface area contributed by atoms with E-state index in [9.17, 15) is 0 Å². The van der Waals surface area contributed by atoms with Gasteiger partial charge in [-0.25, -0.2) is 0 Å². The van der Waals surface area contributed by atoms with Crippen LogP contribution >= 0.6 is 0 Å². The Morgan fingerprint density at radius 3 is 2.37 bits per heavy atom. The van der Waals surface area contributed by atoms with Gasteiger partial charge in [-0.05, 0) is 32.1 Å². The van der Waals surface area contributed by atoms with E-state index < -0.39 is 0 Å². The van der Waals surface area contributed by atoms with Crippen LogP contribution in [0.2, 0.25) is 0 Å². The molecule has 0 saturated heterocycles. The van der Waals surface area contributed by atoms with Gasteiger partial charge in [0, 0.05) is 5.92 Å². The Morgan fingerprint density at radius 2 is 1.84 bits per heavy atom. The van der Waals surface area contributed by atoms with Gasteiger partial charge in [0.25, 0.3) is 0 Å². The van der Waals surface area contributed by atoms with Crippen molar-refractivity contribution >= 4 is 0 Å². The third kappa shape index (κ3) is 2.84. The zero-order valence-corrected chi connectivity index (χ0v) is 12.2. The van der Waals surface area contributed by atoms with Gasteiger partial charge >= 0.3 is 0 Å². The number of hydrogen-bond acceptors (Lipinski definition) is 4. The molecule has 4 heteroatoms. The Hall–Kier alpha value is -1.68. The van der Waals surface area contributed by atoms with Crippen LogP contribution in [0.25, 0.3) is 0 Å². The van der Waals surface area contributed by atoms with Crippen LogP contribution in [0.5, 0.6) is 0 Å². The molecule has 4 nitrogen and oxygen atoms in total. The van der Waals surface area contributed by atoms with Crippen molar-refractivity contribution in [2.75, 3.05) is 14.1 Å². The third-order valence-corrected chi connectivity index (χ3v) is 3.21. The minimum atomic E-state index is 0.00111. The molecule has 102 valence electrons. The first-order chi connectivity index (χ1) is 9.00. The minimum absolute atomic E-state index is 0.00111. The fraction of sp³-hybridized carbons (Fsp3) is 0.467. The van der Waals surface area contributed by atoms with E-state index in [0.717, 1.165) is 5.82 Å². The van der Waals surface area contributed by atoms with Gasteiger partial charge in [0.2, 0.25) is 5.89 Å². The van der Waals surface area contributed by atoms with Gasteiger partial charge < -0.3 is 4.52 Å². The molecule has 1 aromatic carbocycles. The van der Waals surface area contributed by atoms with Crippen molar-refractivity contribution in [2.24, 2.45) is 0 Å². The average Bonchev–Trinajstić information content (AvgIpc) is 2.81. The van der Waals surface area contributed by atoms with E-state index in [1.54, 1.807) is 0 Å². The first-order valence-electron chi connectivity index (χ1n) is 6.56. The monoisotopic (exact) mass is 259 g/mol. The van der Waals surface area contributed by atoms with E-state index in [0.29, 0.717) is 5.89 Å². The molecule has 0 amide bonds. The van der Waals surface area contributed by atoms with E-state index in [-0.39, 0.29) is 12.0 Å². The first-order valence-corrected chi connectivity index (χ1v) is 6.56. The van der Waals surface area contributed by atoms with E-state index in [2.05, 4.69) is 47.9 Å². The molecule has 0 spiro atoms. The molecule has 0 bridgehead atoms. The SMILES string of the molecule is Cc1ccccc1C(c1nc(C(C)C)no1)N(C)C. The summed E-state index contributed by atoms with van der Waals surface area (Å²) in [6.07, 6.45) is 0. The smallest absolute Gasteiger partial charge is 0.248 e. The van der Waals surface area contributed by atoms with Crippen molar-refractivity contribution in [3.05, 3.63) is 47.1 Å². The summed E-state index contributed by atoms with van der Waals surface area (Å²) in [5, 5.41) is 4.06. The van der Waals surface area contributed by atoms with E-state index >= 15 is 0 Å². The van der Waals surface area contributed by atoms with Crippen LogP contribution in [0.3, 0.4) is 0 Å². The molecule has 0 radical (unpaired) electrons. The Labute approximate surface area is 114 Å². The lowest BCUT2D eigenvalue weighted by molar-refractivity contribution is 0.259. The molecule has 0 aliphatic carbocycles. The second kappa shape index (κ2) is 5.53. The maximum atomic E-state index is 5.46. The van der Waals surface area contributed by atoms with Crippen LogP contribution in [0.15, 0.2) is 28.8 Å². The first kappa shape index (κ1) is 13.7. The molecule has 0 aliphatic rings. The minimum Gasteiger partial charge on any atom is -0.337 e. The van der Waals surface area contributed by atoms with Crippen LogP contribution in [0.1, 0.15) is 48.6 Å². The van der Waals surface area contributed by atoms with Gasteiger partial charge in [0.1, 0.15) is 6.04 Å². The highest BCUT2D eigenvalue weighted by molar-refractivity contribution is 5.32. The molecular formula is C15H21N3O. The number of nitrogens with zero attached hydrogens (tertiary/aromatic N) is 3. The second-order valence-electron chi connectivity index (χ2n) is 5.37. The zero-order valence-electron chi connectivity index (χ0n) is 12.2. The molecule has 1 unspecified atom stereocenters. The van der Waals surface area contributed by atoms with Crippen LogP contribution in [0.4, 0.5) is 0 Å². The summed E-state index contributed by atoms with van der Waals surface area (Å²) in [6.45, 7) is 6.23. The van der Waals surface area contributed by atoms with Crippen LogP contribution < -0.4 is 0 Å². The largest absolute Gasteiger partial charge is 0.337 e. The number of rotatable bonds is 4. The lowest BCUT2D eigenvalue weighted by atomic mass is 10.0. The fourth-order valence-electron chi connectivity index (χ4n) is 2.12. The summed E-state index contributed by atoms with van der Waals surface area (Å²) in [5.41, 5.74) is 2.43. The van der Waals surface area contributed by atoms with Crippen LogP contribution in [-0.4, -0.2) is 29.1 Å². The normalized spacial score (nSPS) is 13.2. The lowest BCUT2D eigenvalue weighted by Gasteiger charge is -2.22. The Balaban J connectivity index is 2.43. The van der Waals surface area contributed by atoms with Gasteiger partial charge in [0.05, 0.1) is 0 Å². The highest BCUT2D eigenvalue weighted by Gasteiger charge is 2.25. The Morgan fingerprint density at radius 1 is 1.16 bits per heavy atom. The molecule has 0 N–H and O–H groups in total. The van der Waals surface area contributed by atoms with Crippen LogP contribution in [0, 0.1) is 6.92 Å². The molecular weight excluding hydrogens is 238 g/mol. The molecule has 0 saturated carbocycles. The molecule has 1 atom stereocenters. The van der Waals surface area contributed by atoms with E-state index in [1.165, 1.54) is 11.1 Å². The number of aromatic nitrogens is 2. The summed E-state index contributed by atoms with van der Waals surface area (Å²) < 4.78 is 5.46. The molecule has 1 heterocycles. The number of benzene rings is 1. The number of hydrogen-bond donors (Lipinski definition) is 0. The quantitative estimate of drug-likeness (QED) is 0.846. The highest BCUT2D eigenvalue weighted by Crippen LogP contribution is 2.28. The highest BCUT2D eigenvalue weighted by atomic mass is 16.5. The summed E-state index contributed by atoms with van der Waals surface area (Å²) in [5.74, 6) is 1.69. The summed E-state index contributed by atoms with van der Waals surface area (Å²) in [4.78, 5) is 6.63. The van der Waals surface area contributed by atoms with E-state index in [4.69, 9.17) is 4.52 Å². The third-order valence-electron chi connectivity index (χ3n) is 3.21. The van der Waals surface area contributed by atoms with Crippen molar-refractivity contribution in [3.63, 3.8) is 0 Å². The summed E-state index contributed by atoms with van der Waals surface area (Å²) in [7, 11) is 4.05. The average molecular weight is 259 g/mol. The van der Waals surface area contributed by atoms with Gasteiger partial charge in [-0.2, -0.15) is 4.98 Å². The maximum Gasteiger partial charge on any atom is 0.248 e. The predicted octanol–water partition coefficient (Wildman–Crippen LogP) is 3.15. The zero-order chi connectivity index (χ0) is 14.0. The Kier molecular flexibility index (Phi) is 4.00. The topological polar surface area (TPSA) is 42.2 Å². The molecule has 0 fully saturated rings. The van der Waals surface area contributed by atoms with Crippen molar-refractivity contribution in [1.29, 1.82) is 0 Å². The van der Waals surface area contributed by atoms with Crippen molar-refractivity contribution < 1.29 is 4.52 Å². The van der Waals surface area contributed by atoms with Crippen molar-refractivity contribution in [1.82, 2.24) is 15.0 Å². The summed E-state index contributed by atoms with van der Waals surface area (Å²) in [6, 6.07) is 8.30. The molecule has 1 aromatic heterocycles. The lowest BCUT2D eigenvalue weighted by Crippen LogP contribution is -2.22. The maximum absolute atomic E-state index is 5.46. The van der Waals surface area contributed by atoms with Crippen molar-refractivity contribution in [2.45, 2.75) is 32.7 Å². The van der Waals surface area contributed by atoms with Gasteiger partial charge in [-0.1, -0.05) is 43.3 Å². The van der Waals surface area contributed by atoms with Crippen LogP contribution in [-0.2, 0) is 0 Å². The second-order valence-corrected chi connectivity index (χ2v) is 5.37.